The number of H-pyrrole nitrogens is 1. The van der Waals surface area contributed by atoms with E-state index in [0.29, 0.717) is 5.69 Å². The summed E-state index contributed by atoms with van der Waals surface area (Å²) in [6.45, 7) is 2.18. The van der Waals surface area contributed by atoms with Crippen LogP contribution in [0.4, 0.5) is 5.69 Å². The summed E-state index contributed by atoms with van der Waals surface area (Å²) in [5, 5.41) is 1.19. The Kier molecular flexibility index (Phi) is 6.42. The van der Waals surface area contributed by atoms with Gasteiger partial charge in [-0.1, -0.05) is 62.2 Å². The highest BCUT2D eigenvalue weighted by Gasteiger charge is 2.14. The maximum absolute atomic E-state index is 12.9. The molecule has 4 rings (SSSR count). The Bertz CT molecular complexity index is 1260. The molecule has 0 spiro atoms. The zero-order valence-corrected chi connectivity index (χ0v) is 18.6. The first kappa shape index (κ1) is 21.2. The van der Waals surface area contributed by atoms with Gasteiger partial charge in [-0.2, -0.15) is 0 Å². The highest BCUT2D eigenvalue weighted by atomic mass is 32.2. The van der Waals surface area contributed by atoms with Crippen molar-refractivity contribution in [3.8, 4) is 0 Å². The molecule has 0 atom stereocenters. The quantitative estimate of drug-likeness (QED) is 0.305. The normalized spacial score (nSPS) is 11.6. The van der Waals surface area contributed by atoms with Crippen molar-refractivity contribution >= 4 is 26.6 Å². The Hall–Kier alpha value is -3.05. The minimum absolute atomic E-state index is 0.286. The number of aryl methyl sites for hydroxylation is 1. The van der Waals surface area contributed by atoms with Gasteiger partial charge in [-0.25, -0.2) is 8.42 Å². The molecule has 0 fully saturated rings. The minimum atomic E-state index is -3.62. The number of nitrogens with one attached hydrogen (secondary N) is 2. The summed E-state index contributed by atoms with van der Waals surface area (Å²) in [4.78, 5) is 3.58. The maximum atomic E-state index is 12.9. The molecule has 4 aromatic rings. The van der Waals surface area contributed by atoms with Gasteiger partial charge in [0, 0.05) is 22.8 Å². The molecule has 5 heteroatoms. The number of benzene rings is 3. The fraction of sp³-hybridized carbons (Fsp3) is 0.231. The maximum Gasteiger partial charge on any atom is 0.261 e. The van der Waals surface area contributed by atoms with E-state index in [1.165, 1.54) is 29.4 Å². The Labute approximate surface area is 184 Å². The average molecular weight is 433 g/mol. The molecule has 0 aliphatic rings. The summed E-state index contributed by atoms with van der Waals surface area (Å²) in [7, 11) is -3.62. The first-order valence-electron chi connectivity index (χ1n) is 10.8. The van der Waals surface area contributed by atoms with E-state index in [1.807, 2.05) is 48.7 Å². The minimum Gasteiger partial charge on any atom is -0.361 e. The monoisotopic (exact) mass is 432 g/mol. The summed E-state index contributed by atoms with van der Waals surface area (Å²) in [5.41, 5.74) is 5.09. The van der Waals surface area contributed by atoms with Crippen molar-refractivity contribution in [2.75, 3.05) is 4.72 Å². The zero-order chi connectivity index (χ0) is 21.7. The van der Waals surface area contributed by atoms with Crippen LogP contribution in [0.5, 0.6) is 0 Å². The van der Waals surface area contributed by atoms with Crippen LogP contribution in [0.25, 0.3) is 10.9 Å². The molecule has 0 amide bonds. The SMILES string of the molecule is CCCCCc1ccc(S(=O)(=O)Nc2cccc(Cc3c[nH]c4ccccc34)c2)cc1. The fourth-order valence-electron chi connectivity index (χ4n) is 3.87. The van der Waals surface area contributed by atoms with Crippen LogP contribution in [0.15, 0.2) is 83.9 Å². The standard InChI is InChI=1S/C26H28N2O2S/c1-2-3-4-8-20-13-15-24(16-14-20)31(29,30)28-23-10-7-9-21(18-23)17-22-19-27-26-12-6-5-11-25(22)26/h5-7,9-16,18-19,27-28H,2-4,8,17H2,1H3. The number of hydrogen-bond donors (Lipinski definition) is 2. The van der Waals surface area contributed by atoms with Crippen molar-refractivity contribution < 1.29 is 8.42 Å². The second kappa shape index (κ2) is 9.40. The van der Waals surface area contributed by atoms with E-state index in [1.54, 1.807) is 18.2 Å². The zero-order valence-electron chi connectivity index (χ0n) is 17.8. The molecule has 0 radical (unpaired) electrons. The van der Waals surface area contributed by atoms with Gasteiger partial charge in [-0.05, 0) is 66.3 Å². The molecule has 0 unspecified atom stereocenters. The lowest BCUT2D eigenvalue weighted by atomic mass is 10.0. The van der Waals surface area contributed by atoms with E-state index in [0.717, 1.165) is 30.3 Å². The van der Waals surface area contributed by atoms with Gasteiger partial charge in [-0.3, -0.25) is 4.72 Å². The summed E-state index contributed by atoms with van der Waals surface area (Å²) in [6, 6.07) is 23.0. The molecule has 0 saturated heterocycles. The third-order valence-electron chi connectivity index (χ3n) is 5.55. The molecule has 1 heterocycles. The third-order valence-corrected chi connectivity index (χ3v) is 6.95. The molecular formula is C26H28N2O2S. The first-order chi connectivity index (χ1) is 15.0. The van der Waals surface area contributed by atoms with Gasteiger partial charge in [0.25, 0.3) is 10.0 Å². The topological polar surface area (TPSA) is 62.0 Å². The van der Waals surface area contributed by atoms with Crippen molar-refractivity contribution in [1.82, 2.24) is 4.98 Å². The van der Waals surface area contributed by atoms with Gasteiger partial charge in [0.05, 0.1) is 4.90 Å². The van der Waals surface area contributed by atoms with Crippen LogP contribution in [0.3, 0.4) is 0 Å². The number of fused-ring (bicyclic) bond motifs is 1. The van der Waals surface area contributed by atoms with Crippen LogP contribution >= 0.6 is 0 Å². The Morgan fingerprint density at radius 3 is 2.48 bits per heavy atom. The van der Waals surface area contributed by atoms with Crippen molar-refractivity contribution in [3.05, 3.63) is 95.7 Å². The number of aromatic nitrogens is 1. The van der Waals surface area contributed by atoms with Gasteiger partial charge in [0.1, 0.15) is 0 Å². The first-order valence-corrected chi connectivity index (χ1v) is 12.3. The summed E-state index contributed by atoms with van der Waals surface area (Å²) in [6.07, 6.45) is 7.23. The number of para-hydroxylation sites is 1. The molecule has 160 valence electrons. The number of sulfonamides is 1. The number of aromatic amines is 1. The van der Waals surface area contributed by atoms with Crippen molar-refractivity contribution in [3.63, 3.8) is 0 Å². The molecule has 0 bridgehead atoms. The van der Waals surface area contributed by atoms with Crippen LogP contribution in [0.2, 0.25) is 0 Å². The largest absolute Gasteiger partial charge is 0.361 e. The van der Waals surface area contributed by atoms with E-state index in [2.05, 4.69) is 28.8 Å². The molecule has 0 aliphatic carbocycles. The van der Waals surface area contributed by atoms with Crippen molar-refractivity contribution in [2.45, 2.75) is 43.9 Å². The van der Waals surface area contributed by atoms with Gasteiger partial charge in [0.15, 0.2) is 0 Å². The number of anilines is 1. The van der Waals surface area contributed by atoms with E-state index >= 15 is 0 Å². The van der Waals surface area contributed by atoms with Crippen LogP contribution in [-0.4, -0.2) is 13.4 Å². The molecule has 4 nitrogen and oxygen atoms in total. The lowest BCUT2D eigenvalue weighted by molar-refractivity contribution is 0.601. The second-order valence-corrected chi connectivity index (χ2v) is 9.63. The van der Waals surface area contributed by atoms with Gasteiger partial charge < -0.3 is 4.98 Å². The molecule has 2 N–H and O–H groups in total. The van der Waals surface area contributed by atoms with E-state index in [-0.39, 0.29) is 4.90 Å². The summed E-state index contributed by atoms with van der Waals surface area (Å²) < 4.78 is 28.4. The number of rotatable bonds is 9. The predicted octanol–water partition coefficient (Wildman–Crippen LogP) is 6.29. The molecule has 0 saturated carbocycles. The van der Waals surface area contributed by atoms with Crippen LogP contribution in [-0.2, 0) is 22.9 Å². The molecule has 31 heavy (non-hydrogen) atoms. The van der Waals surface area contributed by atoms with Gasteiger partial charge in [-0.15, -0.1) is 0 Å². The van der Waals surface area contributed by atoms with Gasteiger partial charge in [0.2, 0.25) is 0 Å². The van der Waals surface area contributed by atoms with E-state index in [9.17, 15) is 8.42 Å². The molecular weight excluding hydrogens is 404 g/mol. The van der Waals surface area contributed by atoms with Crippen molar-refractivity contribution in [2.24, 2.45) is 0 Å². The fourth-order valence-corrected chi connectivity index (χ4v) is 4.92. The number of unbranched alkanes of at least 4 members (excludes halogenated alkanes) is 2. The van der Waals surface area contributed by atoms with E-state index in [4.69, 9.17) is 0 Å². The highest BCUT2D eigenvalue weighted by Crippen LogP contribution is 2.23. The Morgan fingerprint density at radius 2 is 1.68 bits per heavy atom. The molecule has 3 aromatic carbocycles. The van der Waals surface area contributed by atoms with Crippen molar-refractivity contribution in [1.29, 1.82) is 0 Å². The van der Waals surface area contributed by atoms with E-state index < -0.39 is 10.0 Å². The third kappa shape index (κ3) is 5.17. The predicted molar refractivity (Wildman–Crippen MR) is 128 cm³/mol. The average Bonchev–Trinajstić information content (AvgIpc) is 3.17. The van der Waals surface area contributed by atoms with Gasteiger partial charge >= 0.3 is 0 Å². The summed E-state index contributed by atoms with van der Waals surface area (Å²) in [5.74, 6) is 0. The highest BCUT2D eigenvalue weighted by molar-refractivity contribution is 7.92. The molecule has 0 aliphatic heterocycles. The lowest BCUT2D eigenvalue weighted by Crippen LogP contribution is -2.13. The smallest absolute Gasteiger partial charge is 0.261 e. The Morgan fingerprint density at radius 1 is 0.871 bits per heavy atom. The number of hydrogen-bond acceptors (Lipinski definition) is 2. The van der Waals surface area contributed by atoms with Crippen LogP contribution < -0.4 is 4.72 Å². The lowest BCUT2D eigenvalue weighted by Gasteiger charge is -2.10. The summed E-state index contributed by atoms with van der Waals surface area (Å²) >= 11 is 0. The van der Waals surface area contributed by atoms with Crippen LogP contribution in [0.1, 0.15) is 42.9 Å². The second-order valence-electron chi connectivity index (χ2n) is 7.94. The molecule has 1 aromatic heterocycles. The van der Waals surface area contributed by atoms with Crippen LogP contribution in [0, 0.1) is 0 Å². The Balaban J connectivity index is 1.47.